The summed E-state index contributed by atoms with van der Waals surface area (Å²) in [7, 11) is 0. The van der Waals surface area contributed by atoms with Gasteiger partial charge in [-0.2, -0.15) is 0 Å². The number of nitrogens with one attached hydrogen (secondary N) is 1. The van der Waals surface area contributed by atoms with Crippen LogP contribution in [0.4, 0.5) is 8.78 Å². The van der Waals surface area contributed by atoms with E-state index in [0.29, 0.717) is 27.4 Å². The van der Waals surface area contributed by atoms with Crippen molar-refractivity contribution in [3.8, 4) is 10.6 Å². The first-order valence-corrected chi connectivity index (χ1v) is 9.31. The number of hydrogen-bond acceptors (Lipinski definition) is 4. The van der Waals surface area contributed by atoms with Crippen molar-refractivity contribution in [1.29, 1.82) is 0 Å². The molecule has 0 radical (unpaired) electrons. The lowest BCUT2D eigenvalue weighted by molar-refractivity contribution is 0.0218. The Balaban J connectivity index is 1.50. The summed E-state index contributed by atoms with van der Waals surface area (Å²) < 4.78 is 26.4. The Labute approximate surface area is 148 Å². The van der Waals surface area contributed by atoms with Crippen LogP contribution in [0.15, 0.2) is 24.4 Å². The highest BCUT2D eigenvalue weighted by atomic mass is 32.1. The molecular weight excluding hydrogens is 344 g/mol. The fourth-order valence-corrected chi connectivity index (χ4v) is 4.73. The fraction of sp³-hybridized carbons (Fsp3) is 0.444. The van der Waals surface area contributed by atoms with E-state index in [1.54, 1.807) is 0 Å². The number of benzene rings is 1. The minimum Gasteiger partial charge on any atom is -0.347 e. The van der Waals surface area contributed by atoms with Gasteiger partial charge < -0.3 is 5.32 Å². The van der Waals surface area contributed by atoms with Crippen molar-refractivity contribution in [2.45, 2.75) is 31.8 Å². The normalized spacial score (nSPS) is 28.1. The second-order valence-electron chi connectivity index (χ2n) is 6.77. The third kappa shape index (κ3) is 3.06. The zero-order valence-electron chi connectivity index (χ0n) is 13.8. The molecule has 1 aromatic heterocycles. The van der Waals surface area contributed by atoms with Crippen LogP contribution in [0.3, 0.4) is 0 Å². The standard InChI is InChI=1S/C18H19F2N3OS/c1-10-16(11-4-6-23(10)7-5-11)22-17(24)15-9-21-18(25-15)12-2-3-13(19)14(20)8-12/h2-3,8-11,16H,4-7H2,1H3,(H,22,24)/t10-,16-/m0/s1. The van der Waals surface area contributed by atoms with E-state index < -0.39 is 11.6 Å². The Morgan fingerprint density at radius 2 is 2.04 bits per heavy atom. The topological polar surface area (TPSA) is 45.2 Å². The van der Waals surface area contributed by atoms with E-state index in [0.717, 1.165) is 38.1 Å². The van der Waals surface area contributed by atoms with Gasteiger partial charge in [0.25, 0.3) is 5.91 Å². The first-order valence-electron chi connectivity index (χ1n) is 8.49. The van der Waals surface area contributed by atoms with Crippen molar-refractivity contribution in [2.75, 3.05) is 13.1 Å². The van der Waals surface area contributed by atoms with Gasteiger partial charge in [-0.05, 0) is 57.0 Å². The molecule has 3 aliphatic rings. The molecule has 3 aliphatic heterocycles. The highest BCUT2D eigenvalue weighted by Crippen LogP contribution is 2.33. The molecule has 4 heterocycles. The van der Waals surface area contributed by atoms with Gasteiger partial charge in [0.1, 0.15) is 9.88 Å². The molecule has 2 bridgehead atoms. The molecule has 5 rings (SSSR count). The Morgan fingerprint density at radius 1 is 1.28 bits per heavy atom. The molecule has 1 aromatic carbocycles. The number of halogens is 2. The van der Waals surface area contributed by atoms with Gasteiger partial charge in [0.05, 0.1) is 6.20 Å². The zero-order chi connectivity index (χ0) is 17.6. The molecule has 25 heavy (non-hydrogen) atoms. The van der Waals surface area contributed by atoms with Crippen LogP contribution in [-0.2, 0) is 0 Å². The monoisotopic (exact) mass is 363 g/mol. The molecule has 3 saturated heterocycles. The maximum Gasteiger partial charge on any atom is 0.263 e. The molecule has 7 heteroatoms. The number of carbonyl (C=O) groups is 1. The Bertz CT molecular complexity index is 799. The van der Waals surface area contributed by atoms with Crippen LogP contribution in [0.25, 0.3) is 10.6 Å². The van der Waals surface area contributed by atoms with Crippen molar-refractivity contribution in [2.24, 2.45) is 5.92 Å². The average Bonchev–Trinajstić information content (AvgIpc) is 3.11. The Kier molecular flexibility index (Phi) is 4.29. The van der Waals surface area contributed by atoms with Gasteiger partial charge in [0.2, 0.25) is 0 Å². The fourth-order valence-electron chi connectivity index (χ4n) is 3.91. The second kappa shape index (κ2) is 6.46. The van der Waals surface area contributed by atoms with Gasteiger partial charge in [-0.1, -0.05) is 0 Å². The highest BCUT2D eigenvalue weighted by molar-refractivity contribution is 7.16. The number of hydrogen-bond donors (Lipinski definition) is 1. The van der Waals surface area contributed by atoms with E-state index in [1.165, 1.54) is 23.6 Å². The number of fused-ring (bicyclic) bond motifs is 3. The van der Waals surface area contributed by atoms with E-state index in [2.05, 4.69) is 22.1 Å². The molecule has 3 fully saturated rings. The summed E-state index contributed by atoms with van der Waals surface area (Å²) in [5, 5.41) is 3.66. The van der Waals surface area contributed by atoms with Crippen LogP contribution in [0.5, 0.6) is 0 Å². The predicted octanol–water partition coefficient (Wildman–Crippen LogP) is 3.30. The molecule has 1 amide bonds. The smallest absolute Gasteiger partial charge is 0.263 e. The van der Waals surface area contributed by atoms with E-state index in [9.17, 15) is 13.6 Å². The minimum absolute atomic E-state index is 0.142. The lowest BCUT2D eigenvalue weighted by Crippen LogP contribution is -2.62. The molecule has 2 atom stereocenters. The van der Waals surface area contributed by atoms with E-state index in [4.69, 9.17) is 0 Å². The molecule has 132 valence electrons. The summed E-state index contributed by atoms with van der Waals surface area (Å²) in [6.07, 6.45) is 3.75. The number of thiazole rings is 1. The van der Waals surface area contributed by atoms with Crippen molar-refractivity contribution in [3.63, 3.8) is 0 Å². The van der Waals surface area contributed by atoms with Crippen LogP contribution in [0.2, 0.25) is 0 Å². The second-order valence-corrected chi connectivity index (χ2v) is 7.80. The first kappa shape index (κ1) is 16.6. The van der Waals surface area contributed by atoms with Gasteiger partial charge in [0, 0.05) is 17.6 Å². The number of piperidine rings is 3. The predicted molar refractivity (Wildman–Crippen MR) is 92.5 cm³/mol. The quantitative estimate of drug-likeness (QED) is 0.910. The van der Waals surface area contributed by atoms with Crippen molar-refractivity contribution >= 4 is 17.2 Å². The van der Waals surface area contributed by atoms with Gasteiger partial charge in [-0.25, -0.2) is 13.8 Å². The van der Waals surface area contributed by atoms with Crippen LogP contribution in [-0.4, -0.2) is 41.0 Å². The molecule has 2 aromatic rings. The van der Waals surface area contributed by atoms with E-state index in [1.807, 2.05) is 0 Å². The molecule has 4 nitrogen and oxygen atoms in total. The first-order chi connectivity index (χ1) is 12.0. The summed E-state index contributed by atoms with van der Waals surface area (Å²) >= 11 is 1.19. The van der Waals surface area contributed by atoms with Crippen LogP contribution in [0.1, 0.15) is 29.4 Å². The van der Waals surface area contributed by atoms with Crippen LogP contribution < -0.4 is 5.32 Å². The van der Waals surface area contributed by atoms with E-state index >= 15 is 0 Å². The van der Waals surface area contributed by atoms with Crippen LogP contribution in [0, 0.1) is 17.6 Å². The van der Waals surface area contributed by atoms with E-state index in [-0.39, 0.29) is 11.9 Å². The van der Waals surface area contributed by atoms with Crippen molar-refractivity contribution in [1.82, 2.24) is 15.2 Å². The number of aromatic nitrogens is 1. The van der Waals surface area contributed by atoms with Gasteiger partial charge in [-0.3, -0.25) is 9.69 Å². The van der Waals surface area contributed by atoms with Crippen LogP contribution >= 0.6 is 11.3 Å². The van der Waals surface area contributed by atoms with Gasteiger partial charge in [-0.15, -0.1) is 11.3 Å². The summed E-state index contributed by atoms with van der Waals surface area (Å²) in [4.78, 5) is 19.7. The number of rotatable bonds is 3. The lowest BCUT2D eigenvalue weighted by atomic mass is 9.79. The average molecular weight is 363 g/mol. The third-order valence-corrected chi connectivity index (χ3v) is 6.42. The Morgan fingerprint density at radius 3 is 2.72 bits per heavy atom. The van der Waals surface area contributed by atoms with Crippen molar-refractivity contribution < 1.29 is 13.6 Å². The molecular formula is C18H19F2N3OS. The molecule has 0 aliphatic carbocycles. The molecule has 0 unspecified atom stereocenters. The largest absolute Gasteiger partial charge is 0.347 e. The SMILES string of the molecule is C[C@H]1[C@H](NC(=O)c2cnc(-c3ccc(F)c(F)c3)s2)C2CCN1CC2. The summed E-state index contributed by atoms with van der Waals surface area (Å²) in [6.45, 7) is 4.38. The Hall–Kier alpha value is -1.86. The maximum absolute atomic E-state index is 13.4. The number of nitrogens with zero attached hydrogens (tertiary/aromatic N) is 2. The lowest BCUT2D eigenvalue weighted by Gasteiger charge is -2.49. The summed E-state index contributed by atoms with van der Waals surface area (Å²) in [5.74, 6) is -1.42. The molecule has 0 saturated carbocycles. The maximum atomic E-state index is 13.4. The van der Waals surface area contributed by atoms with Crippen molar-refractivity contribution in [3.05, 3.63) is 40.9 Å². The number of amides is 1. The van der Waals surface area contributed by atoms with Gasteiger partial charge >= 0.3 is 0 Å². The summed E-state index contributed by atoms with van der Waals surface area (Å²) in [6, 6.07) is 4.14. The molecule has 0 spiro atoms. The van der Waals surface area contributed by atoms with Gasteiger partial charge in [0.15, 0.2) is 11.6 Å². The number of carbonyl (C=O) groups excluding carboxylic acids is 1. The molecule has 1 N–H and O–H groups in total. The summed E-state index contributed by atoms with van der Waals surface area (Å²) in [5.41, 5.74) is 0.471. The zero-order valence-corrected chi connectivity index (χ0v) is 14.7. The highest BCUT2D eigenvalue weighted by Gasteiger charge is 2.40. The minimum atomic E-state index is -0.917. The third-order valence-electron chi connectivity index (χ3n) is 5.37.